The summed E-state index contributed by atoms with van der Waals surface area (Å²) >= 11 is 0. The maximum Gasteiger partial charge on any atom is 0.321 e. The van der Waals surface area contributed by atoms with E-state index in [0.717, 1.165) is 19.5 Å². The summed E-state index contributed by atoms with van der Waals surface area (Å²) in [4.78, 5) is 19.4. The van der Waals surface area contributed by atoms with Crippen molar-refractivity contribution in [3.05, 3.63) is 24.3 Å². The first-order valence-corrected chi connectivity index (χ1v) is 9.18. The number of rotatable bonds is 4. The number of benzene rings is 1. The zero-order chi connectivity index (χ0) is 17.8. The average Bonchev–Trinajstić information content (AvgIpc) is 3.12. The lowest BCUT2D eigenvalue weighted by Crippen LogP contribution is -2.45. The van der Waals surface area contributed by atoms with Gasteiger partial charge in [-0.3, -0.25) is 4.90 Å². The van der Waals surface area contributed by atoms with E-state index >= 15 is 0 Å². The zero-order valence-corrected chi connectivity index (χ0v) is 15.6. The number of piperidine rings is 1. The lowest BCUT2D eigenvalue weighted by molar-refractivity contribution is 0.135. The van der Waals surface area contributed by atoms with Crippen LogP contribution in [-0.4, -0.2) is 80.2 Å². The molecule has 0 bridgehead atoms. The van der Waals surface area contributed by atoms with Gasteiger partial charge in [-0.2, -0.15) is 0 Å². The highest BCUT2D eigenvalue weighted by molar-refractivity contribution is 5.91. The average molecular weight is 346 g/mol. The molecule has 138 valence electrons. The molecule has 1 aromatic rings. The zero-order valence-electron chi connectivity index (χ0n) is 15.6. The van der Waals surface area contributed by atoms with Gasteiger partial charge in [0.05, 0.1) is 12.8 Å². The van der Waals surface area contributed by atoms with Crippen LogP contribution >= 0.6 is 0 Å². The molecule has 1 aromatic carbocycles. The van der Waals surface area contributed by atoms with Crippen LogP contribution < -0.4 is 10.1 Å². The van der Waals surface area contributed by atoms with Crippen LogP contribution in [0, 0.1) is 0 Å². The molecule has 0 aliphatic carbocycles. The van der Waals surface area contributed by atoms with E-state index < -0.39 is 0 Å². The van der Waals surface area contributed by atoms with E-state index in [-0.39, 0.29) is 12.1 Å². The molecule has 1 atom stereocenters. The molecule has 2 saturated heterocycles. The number of nitrogens with zero attached hydrogens (tertiary/aromatic N) is 3. The quantitative estimate of drug-likeness (QED) is 0.909. The van der Waals surface area contributed by atoms with Crippen LogP contribution in [0.5, 0.6) is 5.75 Å². The Labute approximate surface area is 150 Å². The van der Waals surface area contributed by atoms with E-state index in [0.29, 0.717) is 17.5 Å². The first-order chi connectivity index (χ1) is 12.1. The molecule has 2 heterocycles. The van der Waals surface area contributed by atoms with Crippen LogP contribution in [0.25, 0.3) is 0 Å². The van der Waals surface area contributed by atoms with Crippen molar-refractivity contribution in [3.8, 4) is 5.75 Å². The Morgan fingerprint density at radius 2 is 1.92 bits per heavy atom. The smallest absolute Gasteiger partial charge is 0.321 e. The van der Waals surface area contributed by atoms with Gasteiger partial charge in [0.2, 0.25) is 0 Å². The Kier molecular flexibility index (Phi) is 5.81. The van der Waals surface area contributed by atoms with Crippen molar-refractivity contribution < 1.29 is 9.53 Å². The molecule has 0 saturated carbocycles. The number of amides is 2. The molecule has 0 spiro atoms. The van der Waals surface area contributed by atoms with Gasteiger partial charge in [-0.25, -0.2) is 4.79 Å². The fraction of sp³-hybridized carbons (Fsp3) is 0.632. The highest BCUT2D eigenvalue weighted by atomic mass is 16.5. The normalized spacial score (nSPS) is 22.8. The monoisotopic (exact) mass is 346 g/mol. The van der Waals surface area contributed by atoms with E-state index in [4.69, 9.17) is 4.74 Å². The lowest BCUT2D eigenvalue weighted by atomic mass is 10.0. The van der Waals surface area contributed by atoms with Gasteiger partial charge in [0, 0.05) is 32.2 Å². The van der Waals surface area contributed by atoms with Gasteiger partial charge < -0.3 is 19.9 Å². The molecule has 1 N–H and O–H groups in total. The molecule has 0 unspecified atom stereocenters. The van der Waals surface area contributed by atoms with Gasteiger partial charge in [0.25, 0.3) is 0 Å². The molecule has 2 amide bonds. The van der Waals surface area contributed by atoms with Crippen LogP contribution in [0.15, 0.2) is 24.3 Å². The van der Waals surface area contributed by atoms with Crippen LogP contribution in [0.4, 0.5) is 10.5 Å². The number of hydrogen-bond donors (Lipinski definition) is 1. The fourth-order valence-electron chi connectivity index (χ4n) is 3.89. The van der Waals surface area contributed by atoms with Gasteiger partial charge >= 0.3 is 6.03 Å². The summed E-state index contributed by atoms with van der Waals surface area (Å²) in [6.45, 7) is 4.42. The largest absolute Gasteiger partial charge is 0.495 e. The summed E-state index contributed by atoms with van der Waals surface area (Å²) in [5.41, 5.74) is 0.715. The number of carbonyl (C=O) groups is 1. The Hall–Kier alpha value is -1.79. The van der Waals surface area contributed by atoms with Gasteiger partial charge in [-0.1, -0.05) is 12.1 Å². The summed E-state index contributed by atoms with van der Waals surface area (Å²) in [6, 6.07) is 8.39. The summed E-state index contributed by atoms with van der Waals surface area (Å²) in [5.74, 6) is 0.684. The molecule has 2 fully saturated rings. The van der Waals surface area contributed by atoms with Crippen molar-refractivity contribution in [2.45, 2.75) is 31.3 Å². The Morgan fingerprint density at radius 3 is 2.64 bits per heavy atom. The third kappa shape index (κ3) is 4.25. The topological polar surface area (TPSA) is 48.1 Å². The maximum atomic E-state index is 12.6. The Bertz CT molecular complexity index is 587. The third-order valence-electron chi connectivity index (χ3n) is 5.62. The summed E-state index contributed by atoms with van der Waals surface area (Å²) in [5, 5.41) is 2.98. The second kappa shape index (κ2) is 8.06. The summed E-state index contributed by atoms with van der Waals surface area (Å²) < 4.78 is 5.31. The second-order valence-corrected chi connectivity index (χ2v) is 7.21. The number of methoxy groups -OCH3 is 1. The van der Waals surface area contributed by atoms with Gasteiger partial charge in [0.15, 0.2) is 0 Å². The third-order valence-corrected chi connectivity index (χ3v) is 5.62. The minimum absolute atomic E-state index is 0.0697. The number of urea groups is 1. The molecule has 0 aromatic heterocycles. The first kappa shape index (κ1) is 18.0. The maximum absolute atomic E-state index is 12.6. The molecule has 6 nitrogen and oxygen atoms in total. The molecule has 3 rings (SSSR count). The minimum Gasteiger partial charge on any atom is -0.495 e. The predicted molar refractivity (Wildman–Crippen MR) is 100 cm³/mol. The SMILES string of the molecule is COc1ccccc1NC(=O)N(C)[C@@H]1CCN(C2CCN(C)CC2)C1. The molecular weight excluding hydrogens is 316 g/mol. The first-order valence-electron chi connectivity index (χ1n) is 9.18. The van der Waals surface area contributed by atoms with Crippen LogP contribution in [0.3, 0.4) is 0 Å². The Morgan fingerprint density at radius 1 is 1.20 bits per heavy atom. The van der Waals surface area contributed by atoms with Gasteiger partial charge in [-0.05, 0) is 51.5 Å². The molecule has 6 heteroatoms. The molecule has 25 heavy (non-hydrogen) atoms. The fourth-order valence-corrected chi connectivity index (χ4v) is 3.89. The summed E-state index contributed by atoms with van der Waals surface area (Å²) in [6.07, 6.45) is 3.52. The molecule has 2 aliphatic rings. The number of nitrogens with one attached hydrogen (secondary N) is 1. The van der Waals surface area contributed by atoms with Crippen LogP contribution in [0.1, 0.15) is 19.3 Å². The van der Waals surface area contributed by atoms with E-state index in [9.17, 15) is 4.79 Å². The van der Waals surface area contributed by atoms with Crippen molar-refractivity contribution in [1.29, 1.82) is 0 Å². The lowest BCUT2D eigenvalue weighted by Gasteiger charge is -2.35. The second-order valence-electron chi connectivity index (χ2n) is 7.21. The predicted octanol–water partition coefficient (Wildman–Crippen LogP) is 2.33. The Balaban J connectivity index is 1.54. The van der Waals surface area contributed by atoms with E-state index in [1.807, 2.05) is 36.2 Å². The van der Waals surface area contributed by atoms with E-state index in [2.05, 4.69) is 22.2 Å². The van der Waals surface area contributed by atoms with Crippen molar-refractivity contribution in [2.75, 3.05) is 52.7 Å². The standard InChI is InChI=1S/C19H30N4O2/c1-21-11-8-15(9-12-21)23-13-10-16(14-23)22(2)19(24)20-17-6-4-5-7-18(17)25-3/h4-7,15-16H,8-14H2,1-3H3,(H,20,24)/t16-/m1/s1. The highest BCUT2D eigenvalue weighted by Crippen LogP contribution is 2.25. The van der Waals surface area contributed by atoms with Crippen molar-refractivity contribution >= 4 is 11.7 Å². The van der Waals surface area contributed by atoms with Crippen LogP contribution in [0.2, 0.25) is 0 Å². The van der Waals surface area contributed by atoms with E-state index in [1.54, 1.807) is 7.11 Å². The highest BCUT2D eigenvalue weighted by Gasteiger charge is 2.33. The summed E-state index contributed by atoms with van der Waals surface area (Å²) in [7, 11) is 5.71. The number of ether oxygens (including phenoxy) is 1. The van der Waals surface area contributed by atoms with Crippen molar-refractivity contribution in [3.63, 3.8) is 0 Å². The number of anilines is 1. The molecular formula is C19H30N4O2. The molecule has 2 aliphatic heterocycles. The number of likely N-dealkylation sites (tertiary alicyclic amines) is 2. The van der Waals surface area contributed by atoms with Crippen LogP contribution in [-0.2, 0) is 0 Å². The number of para-hydroxylation sites is 2. The number of hydrogen-bond acceptors (Lipinski definition) is 4. The van der Waals surface area contributed by atoms with Crippen molar-refractivity contribution in [2.24, 2.45) is 0 Å². The van der Waals surface area contributed by atoms with Gasteiger partial charge in [-0.15, -0.1) is 0 Å². The van der Waals surface area contributed by atoms with Gasteiger partial charge in [0.1, 0.15) is 5.75 Å². The molecule has 0 radical (unpaired) electrons. The number of carbonyl (C=O) groups excluding carboxylic acids is 1. The minimum atomic E-state index is -0.0697. The van der Waals surface area contributed by atoms with E-state index in [1.165, 1.54) is 25.9 Å². The van der Waals surface area contributed by atoms with Crippen molar-refractivity contribution in [1.82, 2.24) is 14.7 Å². The number of likely N-dealkylation sites (N-methyl/N-ethyl adjacent to an activating group) is 1.